The number of hydrogen-bond donors (Lipinski definition) is 2. The Morgan fingerprint density at radius 2 is 1.90 bits per heavy atom. The first-order chi connectivity index (χ1) is 13.8. The van der Waals surface area contributed by atoms with E-state index in [0.29, 0.717) is 5.75 Å². The topological polar surface area (TPSA) is 71.5 Å². The van der Waals surface area contributed by atoms with E-state index in [9.17, 15) is 23.1 Å². The highest BCUT2D eigenvalue weighted by molar-refractivity contribution is 5.97. The number of amides is 1. The molecule has 29 heavy (non-hydrogen) atoms. The summed E-state index contributed by atoms with van der Waals surface area (Å²) in [4.78, 5) is 16.5. The normalized spacial score (nSPS) is 12.3. The van der Waals surface area contributed by atoms with Crippen molar-refractivity contribution in [3.63, 3.8) is 0 Å². The van der Waals surface area contributed by atoms with E-state index in [4.69, 9.17) is 4.74 Å². The van der Waals surface area contributed by atoms with Crippen LogP contribution in [0.5, 0.6) is 11.5 Å². The van der Waals surface area contributed by atoms with E-state index in [2.05, 4.69) is 10.3 Å². The number of ether oxygens (including phenoxy) is 1. The summed E-state index contributed by atoms with van der Waals surface area (Å²) in [5.41, 5.74) is -0.594. The van der Waals surface area contributed by atoms with Gasteiger partial charge in [0.2, 0.25) is 0 Å². The third kappa shape index (κ3) is 5.32. The van der Waals surface area contributed by atoms with Crippen LogP contribution in [0.1, 0.15) is 27.6 Å². The number of benzene rings is 2. The molecule has 0 radical (unpaired) electrons. The van der Waals surface area contributed by atoms with Gasteiger partial charge >= 0.3 is 6.18 Å². The summed E-state index contributed by atoms with van der Waals surface area (Å²) < 4.78 is 44.1. The molecule has 0 aliphatic heterocycles. The number of halogens is 3. The van der Waals surface area contributed by atoms with Gasteiger partial charge in [-0.05, 0) is 42.0 Å². The fraction of sp³-hybridized carbons (Fsp3) is 0.143. The van der Waals surface area contributed by atoms with Crippen LogP contribution in [0.4, 0.5) is 13.2 Å². The Bertz CT molecular complexity index is 978. The number of pyridine rings is 1. The molecule has 1 unspecified atom stereocenters. The molecular formula is C21H17F3N2O3. The third-order valence-electron chi connectivity index (χ3n) is 4.05. The number of alkyl halides is 3. The molecule has 1 heterocycles. The quantitative estimate of drug-likeness (QED) is 0.643. The van der Waals surface area contributed by atoms with Crippen molar-refractivity contribution in [1.82, 2.24) is 10.3 Å². The van der Waals surface area contributed by atoms with Crippen LogP contribution in [-0.4, -0.2) is 22.5 Å². The minimum absolute atomic E-state index is 0.0556. The van der Waals surface area contributed by atoms with Gasteiger partial charge in [-0.3, -0.25) is 9.78 Å². The number of carbonyl (C=O) groups is 1. The van der Waals surface area contributed by atoms with Crippen molar-refractivity contribution >= 4 is 5.91 Å². The maximum atomic E-state index is 12.8. The maximum Gasteiger partial charge on any atom is 0.416 e. The van der Waals surface area contributed by atoms with Crippen molar-refractivity contribution in [2.75, 3.05) is 6.54 Å². The molecule has 1 atom stereocenters. The van der Waals surface area contributed by atoms with Crippen LogP contribution in [0.15, 0.2) is 73.1 Å². The van der Waals surface area contributed by atoms with E-state index in [1.807, 2.05) is 0 Å². The van der Waals surface area contributed by atoms with Gasteiger partial charge in [-0.25, -0.2) is 0 Å². The molecule has 3 aromatic rings. The van der Waals surface area contributed by atoms with Gasteiger partial charge in [0.25, 0.3) is 5.91 Å². The molecule has 0 bridgehead atoms. The largest absolute Gasteiger partial charge is 0.455 e. The molecule has 1 aromatic heterocycles. The standard InChI is InChI=1S/C21H17F3N2O3/c22-21(23,24)15-6-3-5-14(11-15)18(27)13-26-20(28)17-8-1-2-9-19(17)29-16-7-4-10-25-12-16/h1-12,18,27H,13H2,(H,26,28). The van der Waals surface area contributed by atoms with Crippen LogP contribution >= 0.6 is 0 Å². The molecule has 0 aliphatic rings. The van der Waals surface area contributed by atoms with Crippen LogP contribution in [0.2, 0.25) is 0 Å². The summed E-state index contributed by atoms with van der Waals surface area (Å²) in [5, 5.41) is 12.7. The minimum Gasteiger partial charge on any atom is -0.455 e. The van der Waals surface area contributed by atoms with E-state index in [1.54, 1.807) is 36.5 Å². The molecule has 0 saturated carbocycles. The second-order valence-electron chi connectivity index (χ2n) is 6.14. The lowest BCUT2D eigenvalue weighted by Gasteiger charge is -2.15. The predicted molar refractivity (Wildman–Crippen MR) is 99.5 cm³/mol. The number of hydrogen-bond acceptors (Lipinski definition) is 4. The Hall–Kier alpha value is -3.39. The smallest absolute Gasteiger partial charge is 0.416 e. The summed E-state index contributed by atoms with van der Waals surface area (Å²) in [6.45, 7) is -0.263. The molecule has 5 nitrogen and oxygen atoms in total. The molecular weight excluding hydrogens is 385 g/mol. The first-order valence-electron chi connectivity index (χ1n) is 8.65. The zero-order chi connectivity index (χ0) is 20.9. The Balaban J connectivity index is 1.68. The van der Waals surface area contributed by atoms with Gasteiger partial charge in [-0.1, -0.05) is 24.3 Å². The molecule has 0 fully saturated rings. The molecule has 150 valence electrons. The second kappa shape index (κ2) is 8.74. The van der Waals surface area contributed by atoms with Crippen LogP contribution < -0.4 is 10.1 Å². The number of rotatable bonds is 6. The van der Waals surface area contributed by atoms with Gasteiger partial charge < -0.3 is 15.2 Å². The van der Waals surface area contributed by atoms with Gasteiger partial charge in [-0.2, -0.15) is 13.2 Å². The van der Waals surface area contributed by atoms with Crippen molar-refractivity contribution in [2.45, 2.75) is 12.3 Å². The summed E-state index contributed by atoms with van der Waals surface area (Å²) in [6.07, 6.45) is -2.73. The number of aliphatic hydroxyl groups excluding tert-OH is 1. The van der Waals surface area contributed by atoms with Crippen molar-refractivity contribution in [2.24, 2.45) is 0 Å². The lowest BCUT2D eigenvalue weighted by atomic mass is 10.1. The molecule has 2 N–H and O–H groups in total. The van der Waals surface area contributed by atoms with Gasteiger partial charge in [0.1, 0.15) is 11.5 Å². The molecule has 2 aromatic carbocycles. The molecule has 0 aliphatic carbocycles. The SMILES string of the molecule is O=C(NCC(O)c1cccc(C(F)(F)F)c1)c1ccccc1Oc1cccnc1. The van der Waals surface area contributed by atoms with E-state index >= 15 is 0 Å². The fourth-order valence-electron chi connectivity index (χ4n) is 2.60. The van der Waals surface area contributed by atoms with Crippen molar-refractivity contribution in [3.8, 4) is 11.5 Å². The molecule has 0 saturated heterocycles. The summed E-state index contributed by atoms with van der Waals surface area (Å²) >= 11 is 0. The van der Waals surface area contributed by atoms with E-state index in [0.717, 1.165) is 12.1 Å². The van der Waals surface area contributed by atoms with Crippen LogP contribution in [-0.2, 0) is 6.18 Å². The lowest BCUT2D eigenvalue weighted by Crippen LogP contribution is -2.28. The van der Waals surface area contributed by atoms with Crippen molar-refractivity contribution < 1.29 is 27.8 Å². The summed E-state index contributed by atoms with van der Waals surface area (Å²) in [7, 11) is 0. The fourth-order valence-corrected chi connectivity index (χ4v) is 2.60. The second-order valence-corrected chi connectivity index (χ2v) is 6.14. The summed E-state index contributed by atoms with van der Waals surface area (Å²) in [6, 6.07) is 14.2. The zero-order valence-electron chi connectivity index (χ0n) is 15.1. The summed E-state index contributed by atoms with van der Waals surface area (Å²) in [5.74, 6) is 0.193. The average molecular weight is 402 g/mol. The maximum absolute atomic E-state index is 12.8. The van der Waals surface area contributed by atoms with E-state index in [1.165, 1.54) is 24.4 Å². The number of nitrogens with one attached hydrogen (secondary N) is 1. The van der Waals surface area contributed by atoms with Gasteiger partial charge in [0.15, 0.2) is 0 Å². The predicted octanol–water partition coefficient (Wildman–Crippen LogP) is 4.36. The molecule has 8 heteroatoms. The first-order valence-corrected chi connectivity index (χ1v) is 8.65. The Labute approximate surface area is 164 Å². The van der Waals surface area contributed by atoms with Crippen LogP contribution in [0.25, 0.3) is 0 Å². The van der Waals surface area contributed by atoms with Gasteiger partial charge in [0.05, 0.1) is 23.4 Å². The minimum atomic E-state index is -4.51. The zero-order valence-corrected chi connectivity index (χ0v) is 15.1. The molecule has 3 rings (SSSR count). The van der Waals surface area contributed by atoms with E-state index < -0.39 is 23.8 Å². The number of para-hydroxylation sites is 1. The number of nitrogens with zero attached hydrogens (tertiary/aromatic N) is 1. The Kier molecular flexibility index (Phi) is 6.13. The highest BCUT2D eigenvalue weighted by Crippen LogP contribution is 2.31. The van der Waals surface area contributed by atoms with Crippen molar-refractivity contribution in [1.29, 1.82) is 0 Å². The monoisotopic (exact) mass is 402 g/mol. The number of carbonyl (C=O) groups excluding carboxylic acids is 1. The average Bonchev–Trinajstić information content (AvgIpc) is 2.72. The molecule has 1 amide bonds. The van der Waals surface area contributed by atoms with E-state index in [-0.39, 0.29) is 23.4 Å². The highest BCUT2D eigenvalue weighted by Gasteiger charge is 2.30. The Morgan fingerprint density at radius 1 is 1.10 bits per heavy atom. The van der Waals surface area contributed by atoms with Gasteiger partial charge in [-0.15, -0.1) is 0 Å². The molecule has 0 spiro atoms. The van der Waals surface area contributed by atoms with Crippen LogP contribution in [0.3, 0.4) is 0 Å². The number of aliphatic hydroxyl groups is 1. The Morgan fingerprint density at radius 3 is 2.62 bits per heavy atom. The van der Waals surface area contributed by atoms with Crippen molar-refractivity contribution in [3.05, 3.63) is 89.7 Å². The third-order valence-corrected chi connectivity index (χ3v) is 4.05. The first kappa shape index (κ1) is 20.3. The van der Waals surface area contributed by atoms with Gasteiger partial charge in [0, 0.05) is 12.7 Å². The number of aromatic nitrogens is 1. The van der Waals surface area contributed by atoms with Crippen LogP contribution in [0, 0.1) is 0 Å². The lowest BCUT2D eigenvalue weighted by molar-refractivity contribution is -0.137. The highest BCUT2D eigenvalue weighted by atomic mass is 19.4.